The van der Waals surface area contributed by atoms with Crippen molar-refractivity contribution in [2.75, 3.05) is 7.05 Å². The number of nitrogens with one attached hydrogen (secondary N) is 2. The van der Waals surface area contributed by atoms with Gasteiger partial charge < -0.3 is 10.3 Å². The van der Waals surface area contributed by atoms with Crippen LogP contribution in [0, 0.1) is 2.88 Å². The Bertz CT molecular complexity index is 394. The molecule has 0 saturated carbocycles. The average molecular weight is 318 g/mol. The molecule has 2 heterocycles. The molecular weight excluding hydrogens is 307 g/mol. The van der Waals surface area contributed by atoms with Gasteiger partial charge in [0.25, 0.3) is 0 Å². The average Bonchev–Trinajstić information content (AvgIpc) is 2.79. The number of rotatable bonds is 3. The number of aromatic nitrogens is 1. The minimum atomic E-state index is 0.282. The molecule has 74 valence electrons. The van der Waals surface area contributed by atoms with Gasteiger partial charge >= 0.3 is 0 Å². The maximum atomic E-state index is 3.31. The van der Waals surface area contributed by atoms with E-state index in [-0.39, 0.29) is 6.04 Å². The highest BCUT2D eigenvalue weighted by molar-refractivity contribution is 14.1. The Kier molecular flexibility index (Phi) is 3.25. The summed E-state index contributed by atoms with van der Waals surface area (Å²) in [7, 11) is 1.98. The minimum absolute atomic E-state index is 0.282. The Morgan fingerprint density at radius 1 is 1.57 bits per heavy atom. The van der Waals surface area contributed by atoms with Crippen LogP contribution in [0.15, 0.2) is 29.8 Å². The highest BCUT2D eigenvalue weighted by Gasteiger charge is 2.13. The maximum absolute atomic E-state index is 3.31. The molecule has 2 aromatic heterocycles. The third-order valence-corrected chi connectivity index (χ3v) is 3.95. The summed E-state index contributed by atoms with van der Waals surface area (Å²) in [5.41, 5.74) is 2.53. The van der Waals surface area contributed by atoms with Crippen molar-refractivity contribution in [2.45, 2.75) is 6.04 Å². The normalized spacial score (nSPS) is 13.0. The second-order valence-corrected chi connectivity index (χ2v) is 5.84. The first-order valence-corrected chi connectivity index (χ1v) is 6.31. The number of hydrogen-bond acceptors (Lipinski definition) is 2. The van der Waals surface area contributed by atoms with Gasteiger partial charge in [-0.2, -0.15) is 0 Å². The van der Waals surface area contributed by atoms with Crippen molar-refractivity contribution >= 4 is 33.9 Å². The second kappa shape index (κ2) is 4.46. The Hall–Kier alpha value is -0.330. The summed E-state index contributed by atoms with van der Waals surface area (Å²) in [4.78, 5) is 3.24. The van der Waals surface area contributed by atoms with Gasteiger partial charge in [-0.3, -0.25) is 0 Å². The van der Waals surface area contributed by atoms with E-state index in [1.807, 2.05) is 19.3 Å². The van der Waals surface area contributed by atoms with Gasteiger partial charge in [0.15, 0.2) is 0 Å². The molecule has 0 aromatic carbocycles. The largest absolute Gasteiger partial charge is 0.363 e. The third-order valence-electron chi connectivity index (χ3n) is 2.14. The van der Waals surface area contributed by atoms with Crippen LogP contribution < -0.4 is 5.32 Å². The number of aromatic amines is 1. The van der Waals surface area contributed by atoms with Crippen molar-refractivity contribution in [3.8, 4) is 0 Å². The first-order chi connectivity index (χ1) is 6.81. The van der Waals surface area contributed by atoms with Crippen molar-refractivity contribution in [2.24, 2.45) is 0 Å². The zero-order valence-corrected chi connectivity index (χ0v) is 10.7. The Balaban J connectivity index is 2.31. The fourth-order valence-electron chi connectivity index (χ4n) is 1.50. The fourth-order valence-corrected chi connectivity index (χ4v) is 2.90. The SMILES string of the molecule is CNC(c1csc(I)c1)c1ccc[nH]1. The Morgan fingerprint density at radius 3 is 2.93 bits per heavy atom. The third kappa shape index (κ3) is 2.02. The molecule has 0 aliphatic heterocycles. The van der Waals surface area contributed by atoms with Gasteiger partial charge in [0.2, 0.25) is 0 Å². The van der Waals surface area contributed by atoms with E-state index >= 15 is 0 Å². The molecule has 14 heavy (non-hydrogen) atoms. The van der Waals surface area contributed by atoms with E-state index in [4.69, 9.17) is 0 Å². The van der Waals surface area contributed by atoms with E-state index in [0.29, 0.717) is 0 Å². The molecule has 2 rings (SSSR count). The molecule has 0 aliphatic rings. The standard InChI is InChI=1S/C10H11IN2S/c1-12-10(8-3-2-4-13-8)7-5-9(11)14-6-7/h2-6,10,12-13H,1H3. The van der Waals surface area contributed by atoms with Gasteiger partial charge in [-0.25, -0.2) is 0 Å². The molecule has 1 atom stereocenters. The first-order valence-electron chi connectivity index (χ1n) is 4.35. The molecule has 0 saturated heterocycles. The van der Waals surface area contributed by atoms with E-state index in [9.17, 15) is 0 Å². The summed E-state index contributed by atoms with van der Waals surface area (Å²) >= 11 is 4.13. The molecule has 2 N–H and O–H groups in total. The highest BCUT2D eigenvalue weighted by Crippen LogP contribution is 2.25. The van der Waals surface area contributed by atoms with Gasteiger partial charge in [0, 0.05) is 11.9 Å². The summed E-state index contributed by atoms with van der Waals surface area (Å²) in [6.07, 6.45) is 1.96. The summed E-state index contributed by atoms with van der Waals surface area (Å²) < 4.78 is 1.32. The van der Waals surface area contributed by atoms with Crippen LogP contribution in [0.5, 0.6) is 0 Å². The van der Waals surface area contributed by atoms with Crippen molar-refractivity contribution in [1.82, 2.24) is 10.3 Å². The van der Waals surface area contributed by atoms with Crippen LogP contribution in [0.25, 0.3) is 0 Å². The molecule has 1 unspecified atom stereocenters. The van der Waals surface area contributed by atoms with E-state index in [1.54, 1.807) is 11.3 Å². The first kappa shape index (κ1) is 10.2. The molecule has 0 bridgehead atoms. The van der Waals surface area contributed by atoms with Crippen LogP contribution in [0.2, 0.25) is 0 Å². The summed E-state index contributed by atoms with van der Waals surface area (Å²) in [5, 5.41) is 5.50. The predicted octanol–water partition coefficient (Wildman–Crippen LogP) is 2.99. The van der Waals surface area contributed by atoms with Crippen LogP contribution >= 0.6 is 33.9 Å². The molecule has 0 amide bonds. The molecule has 2 nitrogen and oxygen atoms in total. The fraction of sp³-hybridized carbons (Fsp3) is 0.200. The van der Waals surface area contributed by atoms with Gasteiger partial charge in [-0.05, 0) is 58.8 Å². The number of hydrogen-bond donors (Lipinski definition) is 2. The van der Waals surface area contributed by atoms with Crippen molar-refractivity contribution in [1.29, 1.82) is 0 Å². The van der Waals surface area contributed by atoms with E-state index in [0.717, 1.165) is 0 Å². The lowest BCUT2D eigenvalue weighted by Crippen LogP contribution is -2.17. The van der Waals surface area contributed by atoms with E-state index in [2.05, 4.69) is 50.4 Å². The van der Waals surface area contributed by atoms with Crippen molar-refractivity contribution in [3.05, 3.63) is 43.9 Å². The molecular formula is C10H11IN2S. The Morgan fingerprint density at radius 2 is 2.43 bits per heavy atom. The molecule has 0 fully saturated rings. The van der Waals surface area contributed by atoms with E-state index in [1.165, 1.54) is 14.1 Å². The highest BCUT2D eigenvalue weighted by atomic mass is 127. The molecule has 0 spiro atoms. The predicted molar refractivity (Wildman–Crippen MR) is 68.7 cm³/mol. The smallest absolute Gasteiger partial charge is 0.0735 e. The van der Waals surface area contributed by atoms with Gasteiger partial charge in [0.05, 0.1) is 8.93 Å². The molecule has 2 aromatic rings. The van der Waals surface area contributed by atoms with Crippen LogP contribution in [0.4, 0.5) is 0 Å². The van der Waals surface area contributed by atoms with Crippen molar-refractivity contribution in [3.63, 3.8) is 0 Å². The summed E-state index contributed by atoms with van der Waals surface area (Å²) in [6, 6.07) is 6.63. The lowest BCUT2D eigenvalue weighted by Gasteiger charge is -2.12. The zero-order chi connectivity index (χ0) is 9.97. The van der Waals surface area contributed by atoms with Gasteiger partial charge in [0.1, 0.15) is 0 Å². The number of halogens is 1. The maximum Gasteiger partial charge on any atom is 0.0735 e. The number of thiophene rings is 1. The van der Waals surface area contributed by atoms with Crippen LogP contribution in [-0.2, 0) is 0 Å². The second-order valence-electron chi connectivity index (χ2n) is 3.03. The van der Waals surface area contributed by atoms with Gasteiger partial charge in [-0.15, -0.1) is 11.3 Å². The molecule has 0 aliphatic carbocycles. The minimum Gasteiger partial charge on any atom is -0.363 e. The van der Waals surface area contributed by atoms with Crippen molar-refractivity contribution < 1.29 is 0 Å². The summed E-state index contributed by atoms with van der Waals surface area (Å²) in [5.74, 6) is 0. The van der Waals surface area contributed by atoms with Crippen LogP contribution in [-0.4, -0.2) is 12.0 Å². The topological polar surface area (TPSA) is 27.8 Å². The van der Waals surface area contributed by atoms with Crippen LogP contribution in [0.1, 0.15) is 17.3 Å². The monoisotopic (exact) mass is 318 g/mol. The number of H-pyrrole nitrogens is 1. The zero-order valence-electron chi connectivity index (χ0n) is 7.75. The summed E-state index contributed by atoms with van der Waals surface area (Å²) in [6.45, 7) is 0. The van der Waals surface area contributed by atoms with Crippen LogP contribution in [0.3, 0.4) is 0 Å². The van der Waals surface area contributed by atoms with E-state index < -0.39 is 0 Å². The quantitative estimate of drug-likeness (QED) is 0.837. The van der Waals surface area contributed by atoms with Gasteiger partial charge in [-0.1, -0.05) is 0 Å². The molecule has 0 radical (unpaired) electrons. The Labute approximate surface area is 101 Å². The molecule has 4 heteroatoms. The lowest BCUT2D eigenvalue weighted by atomic mass is 10.1. The lowest BCUT2D eigenvalue weighted by molar-refractivity contribution is 0.677.